The van der Waals surface area contributed by atoms with Gasteiger partial charge in [0.2, 0.25) is 0 Å². The molecule has 0 amide bonds. The molecule has 0 aromatic heterocycles. The second-order valence-corrected chi connectivity index (χ2v) is 21.9. The van der Waals surface area contributed by atoms with Crippen molar-refractivity contribution in [1.29, 1.82) is 0 Å². The number of fused-ring (bicyclic) bond motifs is 2. The first kappa shape index (κ1) is 44.5. The van der Waals surface area contributed by atoms with E-state index in [1.807, 2.05) is 0 Å². The summed E-state index contributed by atoms with van der Waals surface area (Å²) in [6.45, 7) is 32.6. The Hall–Kier alpha value is -3.06. The van der Waals surface area contributed by atoms with E-state index < -0.39 is 0 Å². The van der Waals surface area contributed by atoms with E-state index in [1.54, 1.807) is 0 Å². The van der Waals surface area contributed by atoms with Crippen LogP contribution in [0.5, 0.6) is 23.0 Å². The van der Waals surface area contributed by atoms with Crippen molar-refractivity contribution in [3.05, 3.63) is 104 Å². The highest BCUT2D eigenvalue weighted by atomic mass is 31.1. The van der Waals surface area contributed by atoms with Gasteiger partial charge in [0.15, 0.2) is 0 Å². The zero-order chi connectivity index (χ0) is 42.2. The lowest BCUT2D eigenvalue weighted by molar-refractivity contribution is 0.479. The van der Waals surface area contributed by atoms with Crippen LogP contribution in [0.4, 0.5) is 0 Å². The van der Waals surface area contributed by atoms with Crippen molar-refractivity contribution in [2.75, 3.05) is 0 Å². The molecule has 6 heteroatoms. The second kappa shape index (κ2) is 17.5. The van der Waals surface area contributed by atoms with Crippen LogP contribution in [0.25, 0.3) is 11.1 Å². The van der Waals surface area contributed by atoms with Crippen LogP contribution in [0, 0.1) is 0 Å². The smallest absolute Gasteiger partial charge is 0.275 e. The highest BCUT2D eigenvalue weighted by Crippen LogP contribution is 2.55. The van der Waals surface area contributed by atoms with Gasteiger partial charge in [0.05, 0.1) is 0 Å². The molecule has 0 N–H and O–H groups in total. The van der Waals surface area contributed by atoms with Crippen molar-refractivity contribution >= 4 is 18.1 Å². The summed E-state index contributed by atoms with van der Waals surface area (Å²) in [6.07, 6.45) is 10.9. The molecule has 2 atom stereocenters. The minimum atomic E-state index is -0.216. The Kier molecular flexibility index (Phi) is 13.4. The molecule has 0 spiro atoms. The van der Waals surface area contributed by atoms with Gasteiger partial charge in [-0.15, -0.1) is 0 Å². The molecule has 4 nitrogen and oxygen atoms in total. The second-order valence-electron chi connectivity index (χ2n) is 20.8. The topological polar surface area (TPSA) is 36.9 Å². The molecule has 314 valence electrons. The third-order valence-corrected chi connectivity index (χ3v) is 13.4. The van der Waals surface area contributed by atoms with Crippen molar-refractivity contribution in [3.8, 4) is 34.1 Å². The fraction of sp³-hybridized carbons (Fsp3) is 0.538. The third kappa shape index (κ3) is 9.45. The predicted molar refractivity (Wildman–Crippen MR) is 251 cm³/mol. The van der Waals surface area contributed by atoms with Crippen LogP contribution < -0.4 is 18.1 Å². The van der Waals surface area contributed by atoms with Gasteiger partial charge in [-0.3, -0.25) is 0 Å². The van der Waals surface area contributed by atoms with Crippen LogP contribution in [0.15, 0.2) is 48.5 Å². The SMILES string of the molecule is CCc1c(C(C)(C)C)cc(C(C)(C)C)c(OPOc2cccc3c2CCCC3)c1-c1c(CC)c(C(C)(C)C)cc(C(C)(C)C)c1OPOc1cccc2c1CCCC2. The molecule has 0 saturated carbocycles. The van der Waals surface area contributed by atoms with Crippen LogP contribution in [0.3, 0.4) is 0 Å². The summed E-state index contributed by atoms with van der Waals surface area (Å²) in [6, 6.07) is 17.9. The molecule has 2 aliphatic rings. The highest BCUT2D eigenvalue weighted by molar-refractivity contribution is 7.27. The molecule has 4 aromatic carbocycles. The maximum absolute atomic E-state index is 7.22. The number of aryl methyl sites for hydroxylation is 2. The van der Waals surface area contributed by atoms with Crippen LogP contribution in [0.1, 0.15) is 178 Å². The normalized spacial score (nSPS) is 15.2. The minimum absolute atomic E-state index is 0.111. The Labute approximate surface area is 355 Å². The zero-order valence-electron chi connectivity index (χ0n) is 38.3. The van der Waals surface area contributed by atoms with Gasteiger partial charge < -0.3 is 18.1 Å². The average Bonchev–Trinajstić information content (AvgIpc) is 3.15. The minimum Gasteiger partial charge on any atom is -0.440 e. The van der Waals surface area contributed by atoms with Crippen molar-refractivity contribution in [1.82, 2.24) is 0 Å². The largest absolute Gasteiger partial charge is 0.440 e. The monoisotopic (exact) mass is 822 g/mol. The first-order valence-corrected chi connectivity index (χ1v) is 23.7. The first-order valence-electron chi connectivity index (χ1n) is 22.1. The molecule has 6 rings (SSSR count). The summed E-state index contributed by atoms with van der Waals surface area (Å²) in [5.41, 5.74) is 14.9. The molecule has 0 saturated heterocycles. The number of hydrogen-bond acceptors (Lipinski definition) is 4. The third-order valence-electron chi connectivity index (χ3n) is 12.3. The Morgan fingerprint density at radius 1 is 0.448 bits per heavy atom. The first-order chi connectivity index (χ1) is 27.3. The van der Waals surface area contributed by atoms with E-state index >= 15 is 0 Å². The van der Waals surface area contributed by atoms with Gasteiger partial charge in [0.25, 0.3) is 18.1 Å². The van der Waals surface area contributed by atoms with E-state index in [-0.39, 0.29) is 39.7 Å². The predicted octanol–water partition coefficient (Wildman–Crippen LogP) is 15.4. The quantitative estimate of drug-likeness (QED) is 0.141. The van der Waals surface area contributed by atoms with Gasteiger partial charge in [-0.05, 0) is 143 Å². The van der Waals surface area contributed by atoms with Gasteiger partial charge >= 0.3 is 0 Å². The Morgan fingerprint density at radius 3 is 1.12 bits per heavy atom. The van der Waals surface area contributed by atoms with Crippen molar-refractivity contribution < 1.29 is 18.1 Å². The van der Waals surface area contributed by atoms with Gasteiger partial charge in [-0.25, -0.2) is 0 Å². The van der Waals surface area contributed by atoms with Crippen LogP contribution in [-0.4, -0.2) is 0 Å². The lowest BCUT2D eigenvalue weighted by Crippen LogP contribution is -2.23. The molecular weight excluding hydrogens is 751 g/mol. The summed E-state index contributed by atoms with van der Waals surface area (Å²) in [5, 5.41) is 0. The maximum atomic E-state index is 7.22. The molecule has 58 heavy (non-hydrogen) atoms. The maximum Gasteiger partial charge on any atom is 0.275 e. The molecular formula is C52H72O4P2. The lowest BCUT2D eigenvalue weighted by Gasteiger charge is -2.36. The fourth-order valence-corrected chi connectivity index (χ4v) is 10.5. The van der Waals surface area contributed by atoms with Crippen molar-refractivity contribution in [2.24, 2.45) is 0 Å². The van der Waals surface area contributed by atoms with E-state index in [9.17, 15) is 0 Å². The Bertz CT molecular complexity index is 1950. The molecule has 2 unspecified atom stereocenters. The zero-order valence-corrected chi connectivity index (χ0v) is 40.3. The van der Waals surface area contributed by atoms with Gasteiger partial charge in [0, 0.05) is 22.3 Å². The van der Waals surface area contributed by atoms with E-state index in [0.29, 0.717) is 0 Å². The molecule has 2 aliphatic carbocycles. The van der Waals surface area contributed by atoms with Crippen molar-refractivity contribution in [3.63, 3.8) is 0 Å². The van der Waals surface area contributed by atoms with Gasteiger partial charge in [0.1, 0.15) is 23.0 Å². The van der Waals surface area contributed by atoms with Crippen molar-refractivity contribution in [2.45, 2.75) is 183 Å². The Balaban J connectivity index is 1.62. The summed E-state index contributed by atoms with van der Waals surface area (Å²) >= 11 is 0. The van der Waals surface area contributed by atoms with E-state index in [2.05, 4.69) is 145 Å². The standard InChI is InChI=1S/C52H72O4P2/c1-15-35-39(49(3,4)5)31-41(51(9,10)11)47(55-57-53-43-29-21-25-33-23-17-19-27-37(33)43)45(35)46-36(16-2)40(50(6,7)8)32-42(52(12,13)14)48(46)56-58-54-44-30-22-26-34-24-18-20-28-38(34)44/h21-22,25-26,29-32,57-58H,15-20,23-24,27-28H2,1-14H3. The molecule has 0 aliphatic heterocycles. The summed E-state index contributed by atoms with van der Waals surface area (Å²) in [7, 11) is -0.412. The summed E-state index contributed by atoms with van der Waals surface area (Å²) in [4.78, 5) is 0. The van der Waals surface area contributed by atoms with Crippen LogP contribution in [0.2, 0.25) is 0 Å². The van der Waals surface area contributed by atoms with Gasteiger partial charge in [-0.1, -0.05) is 133 Å². The molecule has 0 fully saturated rings. The van der Waals surface area contributed by atoms with E-state index in [4.69, 9.17) is 18.1 Å². The molecule has 0 bridgehead atoms. The van der Waals surface area contributed by atoms with Crippen LogP contribution in [-0.2, 0) is 60.2 Å². The summed E-state index contributed by atoms with van der Waals surface area (Å²) in [5.74, 6) is 3.74. The van der Waals surface area contributed by atoms with E-state index in [0.717, 1.165) is 72.6 Å². The van der Waals surface area contributed by atoms with E-state index in [1.165, 1.54) is 81.3 Å². The molecule has 4 aromatic rings. The van der Waals surface area contributed by atoms with Gasteiger partial charge in [-0.2, -0.15) is 0 Å². The molecule has 0 radical (unpaired) electrons. The average molecular weight is 823 g/mol. The number of benzene rings is 4. The number of hydrogen-bond donors (Lipinski definition) is 0. The number of rotatable bonds is 11. The van der Waals surface area contributed by atoms with Crippen LogP contribution >= 0.6 is 18.1 Å². The highest BCUT2D eigenvalue weighted by Gasteiger charge is 2.36. The molecule has 0 heterocycles. The lowest BCUT2D eigenvalue weighted by atomic mass is 9.71. The summed E-state index contributed by atoms with van der Waals surface area (Å²) < 4.78 is 27.8. The Morgan fingerprint density at radius 2 is 0.793 bits per heavy atom. The fourth-order valence-electron chi connectivity index (χ4n) is 9.23.